The molecule has 1 rings (SSSR count). The number of nitrogens with zero attached hydrogens (tertiary/aromatic N) is 2. The highest BCUT2D eigenvalue weighted by Crippen LogP contribution is 2.16. The summed E-state index contributed by atoms with van der Waals surface area (Å²) in [4.78, 5) is 44.9. The van der Waals surface area contributed by atoms with Crippen LogP contribution in [0.15, 0.2) is 4.99 Å². The van der Waals surface area contributed by atoms with E-state index in [1.165, 1.54) is 180 Å². The zero-order chi connectivity index (χ0) is 46.1. The summed E-state index contributed by atoms with van der Waals surface area (Å²) in [5, 5.41) is 3.89. The molecule has 0 aromatic carbocycles. The number of imide groups is 1. The molecule has 1 fully saturated rings. The van der Waals surface area contributed by atoms with Crippen LogP contribution in [0.1, 0.15) is 239 Å². The minimum absolute atomic E-state index is 0.0590. The third-order valence-corrected chi connectivity index (χ3v) is 11.8. The van der Waals surface area contributed by atoms with Crippen molar-refractivity contribution in [1.82, 2.24) is 10.4 Å². The molecular weight excluding hydrogens is 811 g/mol. The van der Waals surface area contributed by atoms with Gasteiger partial charge in [0.05, 0.1) is 39.6 Å². The highest BCUT2D eigenvalue weighted by molar-refractivity contribution is 6.01. The molecule has 0 saturated carbocycles. The van der Waals surface area contributed by atoms with Gasteiger partial charge >= 0.3 is 5.97 Å². The second-order valence-corrected chi connectivity index (χ2v) is 18.0. The van der Waals surface area contributed by atoms with Crippen molar-refractivity contribution in [3.63, 3.8) is 0 Å². The predicted octanol–water partition coefficient (Wildman–Crippen LogP) is 12.5. The molecule has 0 aliphatic carbocycles. The first-order valence-electron chi connectivity index (χ1n) is 26.8. The molecule has 376 valence electrons. The number of nitrogens with one attached hydrogen (secondary N) is 1. The van der Waals surface area contributed by atoms with Gasteiger partial charge in [0.15, 0.2) is 6.40 Å². The highest BCUT2D eigenvalue weighted by Gasteiger charge is 2.32. The van der Waals surface area contributed by atoms with Gasteiger partial charge in [0.25, 0.3) is 11.8 Å². The molecule has 0 spiro atoms. The van der Waals surface area contributed by atoms with Gasteiger partial charge in [0.1, 0.15) is 6.10 Å². The van der Waals surface area contributed by atoms with Gasteiger partial charge in [0, 0.05) is 39.2 Å². The van der Waals surface area contributed by atoms with Gasteiger partial charge in [-0.3, -0.25) is 19.9 Å². The molecule has 1 aliphatic rings. The SMILES string of the molecule is CCCCCCCCCCCCCCCCCOC=NCCCOCC(COCCC(=O)ON1C(=O)CCC1=O)OCCCNCOCCCCCCCCCCCCCCCCC. The molecule has 12 heteroatoms. The fourth-order valence-electron chi connectivity index (χ4n) is 7.75. The van der Waals surface area contributed by atoms with Gasteiger partial charge in [-0.05, 0) is 32.2 Å². The van der Waals surface area contributed by atoms with Crippen LogP contribution < -0.4 is 5.32 Å². The third kappa shape index (κ3) is 41.3. The number of aliphatic imine (C=N–C) groups is 1. The van der Waals surface area contributed by atoms with Gasteiger partial charge in [-0.2, -0.15) is 0 Å². The molecule has 2 amide bonds. The Bertz CT molecular complexity index is 1050. The summed E-state index contributed by atoms with van der Waals surface area (Å²) < 4.78 is 29.1. The van der Waals surface area contributed by atoms with Crippen molar-refractivity contribution in [2.45, 2.75) is 245 Å². The van der Waals surface area contributed by atoms with Crippen LogP contribution in [0.4, 0.5) is 0 Å². The fraction of sp³-hybridized carbons (Fsp3) is 0.923. The van der Waals surface area contributed by atoms with E-state index < -0.39 is 17.8 Å². The summed E-state index contributed by atoms with van der Waals surface area (Å²) in [6, 6.07) is 0. The topological polar surface area (TPSA) is 134 Å². The Balaban J connectivity index is 2.08. The summed E-state index contributed by atoms with van der Waals surface area (Å²) in [5.41, 5.74) is 0. The molecule has 1 unspecified atom stereocenters. The summed E-state index contributed by atoms with van der Waals surface area (Å²) in [6.07, 6.45) is 43.5. The maximum atomic E-state index is 12.2. The number of hydrogen-bond donors (Lipinski definition) is 1. The average molecular weight is 910 g/mol. The largest absolute Gasteiger partial charge is 0.483 e. The van der Waals surface area contributed by atoms with Crippen LogP contribution in [-0.2, 0) is 42.9 Å². The number of hydrogen-bond acceptors (Lipinski definition) is 11. The van der Waals surface area contributed by atoms with Crippen LogP contribution in [0.5, 0.6) is 0 Å². The van der Waals surface area contributed by atoms with Crippen LogP contribution in [0.2, 0.25) is 0 Å². The van der Waals surface area contributed by atoms with Crippen LogP contribution >= 0.6 is 0 Å². The van der Waals surface area contributed by atoms with Gasteiger partial charge in [0.2, 0.25) is 0 Å². The molecule has 1 aliphatic heterocycles. The molecule has 64 heavy (non-hydrogen) atoms. The van der Waals surface area contributed by atoms with E-state index in [9.17, 15) is 14.4 Å². The normalized spacial score (nSPS) is 13.5. The van der Waals surface area contributed by atoms with E-state index in [0.717, 1.165) is 38.8 Å². The molecule has 1 heterocycles. The number of amides is 2. The lowest BCUT2D eigenvalue weighted by Crippen LogP contribution is -2.32. The van der Waals surface area contributed by atoms with Crippen LogP contribution in [0.25, 0.3) is 0 Å². The Morgan fingerprint density at radius 1 is 0.547 bits per heavy atom. The first-order chi connectivity index (χ1) is 31.6. The van der Waals surface area contributed by atoms with E-state index in [1.54, 1.807) is 6.40 Å². The first-order valence-corrected chi connectivity index (χ1v) is 26.8. The second kappa shape index (κ2) is 48.8. The van der Waals surface area contributed by atoms with E-state index in [-0.39, 0.29) is 38.6 Å². The minimum Gasteiger partial charge on any atom is -0.483 e. The van der Waals surface area contributed by atoms with Crippen molar-refractivity contribution >= 4 is 24.2 Å². The minimum atomic E-state index is -0.690. The molecule has 0 bridgehead atoms. The Kier molecular flexibility index (Phi) is 45.7. The van der Waals surface area contributed by atoms with Crippen molar-refractivity contribution in [2.24, 2.45) is 4.99 Å². The highest BCUT2D eigenvalue weighted by atomic mass is 16.7. The Morgan fingerprint density at radius 2 is 0.984 bits per heavy atom. The average Bonchev–Trinajstić information content (AvgIpc) is 3.61. The van der Waals surface area contributed by atoms with Gasteiger partial charge in [-0.25, -0.2) is 4.79 Å². The summed E-state index contributed by atoms with van der Waals surface area (Å²) in [5.74, 6) is -1.69. The molecule has 1 saturated heterocycles. The number of unbranched alkanes of at least 4 members (excludes halogenated alkanes) is 28. The van der Waals surface area contributed by atoms with Gasteiger partial charge in [-0.15, -0.1) is 5.06 Å². The standard InChI is InChI=1S/C52H99N3O9/c1-3-5-7-9-11-13-15-17-19-21-23-25-27-29-31-40-61-47-53-38-33-42-59-45-49(46-60-44-37-52(58)64-55-50(56)35-36-51(55)57)63-43-34-39-54-48-62-41-32-30-28-26-24-22-20-18-16-14-12-10-8-6-4-2/h47,49,54H,3-46,48H2,1-2H3. The van der Waals surface area contributed by atoms with E-state index in [4.69, 9.17) is 28.5 Å². The zero-order valence-corrected chi connectivity index (χ0v) is 41.5. The Hall–Kier alpha value is -2.12. The zero-order valence-electron chi connectivity index (χ0n) is 41.5. The summed E-state index contributed by atoms with van der Waals surface area (Å²) in [6.45, 7) is 9.68. The van der Waals surface area contributed by atoms with Gasteiger partial charge < -0.3 is 28.5 Å². The summed E-state index contributed by atoms with van der Waals surface area (Å²) in [7, 11) is 0. The molecular formula is C52H99N3O9. The predicted molar refractivity (Wildman–Crippen MR) is 260 cm³/mol. The van der Waals surface area contributed by atoms with E-state index in [2.05, 4.69) is 24.2 Å². The Morgan fingerprint density at radius 3 is 1.48 bits per heavy atom. The smallest absolute Gasteiger partial charge is 0.335 e. The van der Waals surface area contributed by atoms with Crippen molar-refractivity contribution < 1.29 is 42.9 Å². The Labute approximate surface area is 392 Å². The molecule has 1 atom stereocenters. The number of rotatable bonds is 52. The fourth-order valence-corrected chi connectivity index (χ4v) is 7.75. The molecule has 0 aromatic rings. The van der Waals surface area contributed by atoms with E-state index in [1.807, 2.05) is 0 Å². The van der Waals surface area contributed by atoms with Crippen molar-refractivity contribution in [2.75, 3.05) is 66.1 Å². The number of ether oxygens (including phenoxy) is 5. The van der Waals surface area contributed by atoms with E-state index >= 15 is 0 Å². The summed E-state index contributed by atoms with van der Waals surface area (Å²) >= 11 is 0. The van der Waals surface area contributed by atoms with Crippen LogP contribution in [0, 0.1) is 0 Å². The number of hydroxylamine groups is 2. The van der Waals surface area contributed by atoms with E-state index in [0.29, 0.717) is 44.8 Å². The monoisotopic (exact) mass is 910 g/mol. The molecule has 0 radical (unpaired) electrons. The van der Waals surface area contributed by atoms with Crippen LogP contribution in [0.3, 0.4) is 0 Å². The van der Waals surface area contributed by atoms with Crippen molar-refractivity contribution in [3.05, 3.63) is 0 Å². The lowest BCUT2D eigenvalue weighted by Gasteiger charge is -2.18. The lowest BCUT2D eigenvalue weighted by molar-refractivity contribution is -0.198. The molecule has 0 aromatic heterocycles. The maximum absolute atomic E-state index is 12.2. The maximum Gasteiger partial charge on any atom is 0.335 e. The van der Waals surface area contributed by atoms with Crippen molar-refractivity contribution in [3.8, 4) is 0 Å². The first kappa shape index (κ1) is 59.9. The van der Waals surface area contributed by atoms with Crippen molar-refractivity contribution in [1.29, 1.82) is 0 Å². The van der Waals surface area contributed by atoms with Gasteiger partial charge in [-0.1, -0.05) is 194 Å². The number of carbonyl (C=O) groups excluding carboxylic acids is 3. The molecule has 1 N–H and O–H groups in total. The lowest BCUT2D eigenvalue weighted by atomic mass is 10.0. The third-order valence-electron chi connectivity index (χ3n) is 11.8. The quantitative estimate of drug-likeness (QED) is 0.0207. The second-order valence-electron chi connectivity index (χ2n) is 18.0. The number of carbonyl (C=O) groups is 3. The molecule has 12 nitrogen and oxygen atoms in total. The van der Waals surface area contributed by atoms with Crippen LogP contribution in [-0.4, -0.2) is 101 Å².